The second kappa shape index (κ2) is 10.8. The molecule has 1 saturated heterocycles. The van der Waals surface area contributed by atoms with Gasteiger partial charge in [-0.1, -0.05) is 48.2 Å². The number of carbonyl (C=O) groups is 1. The lowest BCUT2D eigenvalue weighted by Gasteiger charge is -2.16. The Morgan fingerprint density at radius 1 is 1.11 bits per heavy atom. The van der Waals surface area contributed by atoms with Gasteiger partial charge in [-0.15, -0.1) is 22.6 Å². The maximum absolute atomic E-state index is 12.8. The van der Waals surface area contributed by atoms with E-state index in [1.165, 1.54) is 12.1 Å². The van der Waals surface area contributed by atoms with Crippen LogP contribution in [0.15, 0.2) is 53.7 Å². The van der Waals surface area contributed by atoms with Crippen LogP contribution in [0.4, 0.5) is 13.2 Å². The van der Waals surface area contributed by atoms with Crippen molar-refractivity contribution >= 4 is 30.0 Å². The fourth-order valence-electron chi connectivity index (χ4n) is 5.35. The van der Waals surface area contributed by atoms with Gasteiger partial charge < -0.3 is 9.47 Å². The van der Waals surface area contributed by atoms with Gasteiger partial charge in [0, 0.05) is 30.5 Å². The molecule has 1 spiro atoms. The summed E-state index contributed by atoms with van der Waals surface area (Å²) in [4.78, 5) is 14.0. The number of ketones is 1. The lowest BCUT2D eigenvalue weighted by atomic mass is 9.97. The number of alkyl halides is 3. The zero-order valence-electron chi connectivity index (χ0n) is 20.8. The van der Waals surface area contributed by atoms with E-state index in [0.717, 1.165) is 66.8 Å². The van der Waals surface area contributed by atoms with Crippen LogP contribution >= 0.6 is 24.2 Å². The molecule has 2 fully saturated rings. The minimum absolute atomic E-state index is 0. The molecule has 37 heavy (non-hydrogen) atoms. The van der Waals surface area contributed by atoms with Crippen LogP contribution in [0.5, 0.6) is 0 Å². The molecule has 1 aliphatic heterocycles. The monoisotopic (exact) mass is 550 g/mol. The van der Waals surface area contributed by atoms with Crippen LogP contribution < -0.4 is 0 Å². The van der Waals surface area contributed by atoms with Crippen LogP contribution in [0.25, 0.3) is 11.4 Å². The van der Waals surface area contributed by atoms with Gasteiger partial charge in [0.1, 0.15) is 0 Å². The van der Waals surface area contributed by atoms with Crippen LogP contribution in [-0.4, -0.2) is 50.8 Å². The molecule has 5 nitrogen and oxygen atoms in total. The normalized spacial score (nSPS) is 21.3. The molecular weight excluding hydrogens is 521 g/mol. The van der Waals surface area contributed by atoms with E-state index in [4.69, 9.17) is 0 Å². The molecular formula is C27H30ClF3N4OS. The van der Waals surface area contributed by atoms with Crippen molar-refractivity contribution in [3.05, 3.63) is 65.2 Å². The number of aromatic nitrogens is 3. The van der Waals surface area contributed by atoms with Crippen molar-refractivity contribution in [3.8, 4) is 11.4 Å². The van der Waals surface area contributed by atoms with Crippen molar-refractivity contribution in [2.45, 2.75) is 43.4 Å². The maximum atomic E-state index is 12.8. The van der Waals surface area contributed by atoms with Gasteiger partial charge in [0.15, 0.2) is 16.8 Å². The predicted molar refractivity (Wildman–Crippen MR) is 141 cm³/mol. The smallest absolute Gasteiger partial charge is 0.305 e. The number of nitrogens with zero attached hydrogens (tertiary/aromatic N) is 4. The van der Waals surface area contributed by atoms with Gasteiger partial charge >= 0.3 is 6.18 Å². The van der Waals surface area contributed by atoms with E-state index in [1.807, 2.05) is 35.9 Å². The molecule has 2 heterocycles. The first-order valence-electron chi connectivity index (χ1n) is 12.2. The zero-order chi connectivity index (χ0) is 25.5. The fourth-order valence-corrected chi connectivity index (χ4v) is 6.18. The van der Waals surface area contributed by atoms with Crippen LogP contribution in [0.2, 0.25) is 0 Å². The van der Waals surface area contributed by atoms with Gasteiger partial charge in [-0.3, -0.25) is 4.79 Å². The third-order valence-electron chi connectivity index (χ3n) is 7.53. The first-order valence-corrected chi connectivity index (χ1v) is 13.2. The largest absolute Gasteiger partial charge is 0.416 e. The van der Waals surface area contributed by atoms with Crippen molar-refractivity contribution < 1.29 is 18.0 Å². The Bertz CT molecular complexity index is 1250. The topological polar surface area (TPSA) is 51.0 Å². The molecule has 2 aliphatic rings. The molecule has 2 aromatic carbocycles. The van der Waals surface area contributed by atoms with E-state index in [-0.39, 0.29) is 23.6 Å². The van der Waals surface area contributed by atoms with Crippen molar-refractivity contribution in [2.75, 3.05) is 25.4 Å². The molecule has 3 aromatic rings. The molecule has 0 radical (unpaired) electrons. The first-order chi connectivity index (χ1) is 17.2. The molecule has 0 unspecified atom stereocenters. The van der Waals surface area contributed by atoms with E-state index >= 15 is 0 Å². The summed E-state index contributed by atoms with van der Waals surface area (Å²) in [5, 5.41) is 9.54. The Morgan fingerprint density at radius 2 is 1.81 bits per heavy atom. The number of rotatable bonds is 8. The number of hydrogen-bond acceptors (Lipinski definition) is 5. The number of carbonyl (C=O) groups excluding carboxylic acids is 1. The second-order valence-corrected chi connectivity index (χ2v) is 11.0. The highest BCUT2D eigenvalue weighted by Crippen LogP contribution is 2.64. The number of Topliss-reactive ketones (excluding diaryl/α,β-unsaturated/α-hetero) is 1. The summed E-state index contributed by atoms with van der Waals surface area (Å²) in [5.41, 5.74) is 2.30. The van der Waals surface area contributed by atoms with Crippen LogP contribution in [0.1, 0.15) is 53.6 Å². The Kier molecular flexibility index (Phi) is 8.07. The maximum Gasteiger partial charge on any atom is 0.416 e. The Labute approximate surface area is 225 Å². The molecule has 10 heteroatoms. The van der Waals surface area contributed by atoms with Crippen LogP contribution in [0, 0.1) is 5.41 Å². The SMILES string of the molecule is CC(=O)c1ccc(-c2nnc(SCCCN3CC[C@]4(C[C@@H]4c4ccc(C(F)(F)F)cc4)C3)n2C)cc1.Cl. The highest BCUT2D eigenvalue weighted by Gasteiger charge is 2.57. The van der Waals surface area contributed by atoms with Crippen LogP contribution in [-0.2, 0) is 13.2 Å². The van der Waals surface area contributed by atoms with E-state index in [1.54, 1.807) is 30.8 Å². The molecule has 2 atom stereocenters. The standard InChI is InChI=1S/C27H29F3N4OS.ClH/c1-18(35)19-4-6-21(7-5-19)24-31-32-25(33(24)2)36-15-3-13-34-14-12-26(17-34)16-23(26)20-8-10-22(11-9-20)27(28,29)30;/h4-11,23H,3,12-17H2,1-2H3;1H/t23-,26+;/m1./s1. The number of halogens is 4. The molecule has 198 valence electrons. The average molecular weight is 551 g/mol. The summed E-state index contributed by atoms with van der Waals surface area (Å²) >= 11 is 1.69. The van der Waals surface area contributed by atoms with E-state index < -0.39 is 11.7 Å². The summed E-state index contributed by atoms with van der Waals surface area (Å²) in [6.07, 6.45) is -1.07. The third kappa shape index (κ3) is 5.89. The van der Waals surface area contributed by atoms with E-state index in [0.29, 0.717) is 11.5 Å². The molecule has 0 N–H and O–H groups in total. The lowest BCUT2D eigenvalue weighted by Crippen LogP contribution is -2.23. The minimum Gasteiger partial charge on any atom is -0.305 e. The quantitative estimate of drug-likeness (QED) is 0.182. The van der Waals surface area contributed by atoms with Crippen LogP contribution in [0.3, 0.4) is 0 Å². The molecule has 5 rings (SSSR count). The summed E-state index contributed by atoms with van der Waals surface area (Å²) in [5.74, 6) is 2.12. The Morgan fingerprint density at radius 3 is 2.46 bits per heavy atom. The molecule has 1 aromatic heterocycles. The number of thioether (sulfide) groups is 1. The molecule has 1 aliphatic carbocycles. The minimum atomic E-state index is -4.28. The Balaban J connectivity index is 0.00000320. The van der Waals surface area contributed by atoms with Gasteiger partial charge in [-0.25, -0.2) is 0 Å². The highest BCUT2D eigenvalue weighted by molar-refractivity contribution is 7.99. The van der Waals surface area contributed by atoms with E-state index in [9.17, 15) is 18.0 Å². The van der Waals surface area contributed by atoms with Gasteiger partial charge in [0.05, 0.1) is 5.56 Å². The van der Waals surface area contributed by atoms with Crippen molar-refractivity contribution in [1.82, 2.24) is 19.7 Å². The predicted octanol–water partition coefficient (Wildman–Crippen LogP) is 6.49. The first kappa shape index (κ1) is 27.7. The molecule has 0 amide bonds. The van der Waals surface area contributed by atoms with Crippen molar-refractivity contribution in [3.63, 3.8) is 0 Å². The van der Waals surface area contributed by atoms with Gasteiger partial charge in [0.25, 0.3) is 0 Å². The van der Waals surface area contributed by atoms with E-state index in [2.05, 4.69) is 15.1 Å². The summed E-state index contributed by atoms with van der Waals surface area (Å²) in [7, 11) is 1.95. The number of hydrogen-bond donors (Lipinski definition) is 0. The summed E-state index contributed by atoms with van der Waals surface area (Å²) in [6.45, 7) is 4.63. The molecule has 0 bridgehead atoms. The van der Waals surface area contributed by atoms with Crippen molar-refractivity contribution in [2.24, 2.45) is 12.5 Å². The second-order valence-electron chi connectivity index (χ2n) is 9.97. The lowest BCUT2D eigenvalue weighted by molar-refractivity contribution is -0.137. The Hall–Kier alpha value is -2.36. The number of likely N-dealkylation sites (tertiary alicyclic amines) is 1. The third-order valence-corrected chi connectivity index (χ3v) is 8.64. The highest BCUT2D eigenvalue weighted by atomic mass is 35.5. The van der Waals surface area contributed by atoms with Gasteiger partial charge in [0.2, 0.25) is 0 Å². The van der Waals surface area contributed by atoms with Gasteiger partial charge in [-0.05, 0) is 68.3 Å². The summed E-state index contributed by atoms with van der Waals surface area (Å²) in [6, 6.07) is 13.2. The zero-order valence-corrected chi connectivity index (χ0v) is 22.4. The molecule has 1 saturated carbocycles. The number of benzene rings is 2. The average Bonchev–Trinajstić information content (AvgIpc) is 3.20. The summed E-state index contributed by atoms with van der Waals surface area (Å²) < 4.78 is 40.5. The fraction of sp³-hybridized carbons (Fsp3) is 0.444. The van der Waals surface area contributed by atoms with Crippen molar-refractivity contribution in [1.29, 1.82) is 0 Å². The van der Waals surface area contributed by atoms with Gasteiger partial charge in [-0.2, -0.15) is 13.2 Å².